The van der Waals surface area contributed by atoms with Gasteiger partial charge in [0, 0.05) is 20.1 Å². The Morgan fingerprint density at radius 1 is 1.50 bits per heavy atom. The van der Waals surface area contributed by atoms with Gasteiger partial charge in [0.25, 0.3) is 0 Å². The van der Waals surface area contributed by atoms with Crippen LogP contribution >= 0.6 is 23.2 Å². The van der Waals surface area contributed by atoms with Crippen LogP contribution < -0.4 is 5.32 Å². The van der Waals surface area contributed by atoms with Crippen LogP contribution in [0.2, 0.25) is 10.4 Å². The molecule has 0 spiro atoms. The van der Waals surface area contributed by atoms with Gasteiger partial charge in [0.05, 0.1) is 11.3 Å². The standard InChI is InChI=1S/C10H17Cl2N3O/c1-4-10(2,16)6-13-5-7-8(11)14-9(12)15(7)3/h13,16H,4-6H2,1-3H3. The van der Waals surface area contributed by atoms with Crippen LogP contribution in [0, 0.1) is 0 Å². The molecule has 0 saturated heterocycles. The normalized spacial score (nSPS) is 15.1. The van der Waals surface area contributed by atoms with Gasteiger partial charge in [-0.15, -0.1) is 0 Å². The zero-order valence-corrected chi connectivity index (χ0v) is 11.2. The smallest absolute Gasteiger partial charge is 0.204 e. The van der Waals surface area contributed by atoms with Gasteiger partial charge >= 0.3 is 0 Å². The van der Waals surface area contributed by atoms with Crippen molar-refractivity contribution >= 4 is 23.2 Å². The Hall–Kier alpha value is -0.290. The van der Waals surface area contributed by atoms with E-state index in [0.29, 0.717) is 29.9 Å². The number of nitrogens with one attached hydrogen (secondary N) is 1. The van der Waals surface area contributed by atoms with Gasteiger partial charge in [-0.3, -0.25) is 0 Å². The summed E-state index contributed by atoms with van der Waals surface area (Å²) < 4.78 is 1.72. The lowest BCUT2D eigenvalue weighted by molar-refractivity contribution is 0.0554. The summed E-state index contributed by atoms with van der Waals surface area (Å²) in [5.74, 6) is 0. The van der Waals surface area contributed by atoms with Gasteiger partial charge in [-0.2, -0.15) is 0 Å². The molecule has 1 atom stereocenters. The highest BCUT2D eigenvalue weighted by Gasteiger charge is 2.17. The lowest BCUT2D eigenvalue weighted by Gasteiger charge is -2.21. The van der Waals surface area contributed by atoms with Crippen LogP contribution in [0.3, 0.4) is 0 Å². The Morgan fingerprint density at radius 3 is 2.56 bits per heavy atom. The van der Waals surface area contributed by atoms with Crippen LogP contribution in [-0.2, 0) is 13.6 Å². The summed E-state index contributed by atoms with van der Waals surface area (Å²) in [4.78, 5) is 3.94. The first-order valence-electron chi connectivity index (χ1n) is 5.17. The third-order valence-electron chi connectivity index (χ3n) is 2.67. The van der Waals surface area contributed by atoms with E-state index in [1.165, 1.54) is 0 Å². The number of imidazole rings is 1. The van der Waals surface area contributed by atoms with Crippen LogP contribution in [-0.4, -0.2) is 26.8 Å². The molecule has 0 amide bonds. The average molecular weight is 266 g/mol. The topological polar surface area (TPSA) is 50.1 Å². The quantitative estimate of drug-likeness (QED) is 0.856. The zero-order chi connectivity index (χ0) is 12.3. The first-order chi connectivity index (χ1) is 7.37. The van der Waals surface area contributed by atoms with Gasteiger partial charge in [0.1, 0.15) is 0 Å². The van der Waals surface area contributed by atoms with Gasteiger partial charge in [-0.25, -0.2) is 4.98 Å². The van der Waals surface area contributed by atoms with Gasteiger partial charge in [0.15, 0.2) is 5.15 Å². The molecule has 0 aromatic carbocycles. The van der Waals surface area contributed by atoms with E-state index in [-0.39, 0.29) is 0 Å². The average Bonchev–Trinajstić information content (AvgIpc) is 2.44. The molecule has 1 aromatic heterocycles. The second kappa shape index (κ2) is 5.36. The van der Waals surface area contributed by atoms with Crippen LogP contribution in [0.1, 0.15) is 26.0 Å². The van der Waals surface area contributed by atoms with E-state index in [0.717, 1.165) is 5.69 Å². The van der Waals surface area contributed by atoms with Crippen LogP contribution in [0.15, 0.2) is 0 Å². The van der Waals surface area contributed by atoms with Crippen molar-refractivity contribution in [2.45, 2.75) is 32.4 Å². The fraction of sp³-hybridized carbons (Fsp3) is 0.700. The summed E-state index contributed by atoms with van der Waals surface area (Å²) in [6.45, 7) is 4.77. The zero-order valence-electron chi connectivity index (χ0n) is 9.72. The summed E-state index contributed by atoms with van der Waals surface area (Å²) in [6, 6.07) is 0. The second-order valence-electron chi connectivity index (χ2n) is 4.13. The second-order valence-corrected chi connectivity index (χ2v) is 4.83. The number of rotatable bonds is 5. The van der Waals surface area contributed by atoms with E-state index in [4.69, 9.17) is 23.2 Å². The summed E-state index contributed by atoms with van der Waals surface area (Å²) >= 11 is 11.7. The van der Waals surface area contributed by atoms with Gasteiger partial charge in [-0.05, 0) is 24.9 Å². The maximum atomic E-state index is 9.80. The maximum absolute atomic E-state index is 9.80. The molecule has 0 fully saturated rings. The highest BCUT2D eigenvalue weighted by Crippen LogP contribution is 2.19. The molecular formula is C10H17Cl2N3O. The molecule has 6 heteroatoms. The Labute approximate surface area is 106 Å². The fourth-order valence-electron chi connectivity index (χ4n) is 1.24. The third-order valence-corrected chi connectivity index (χ3v) is 3.31. The third kappa shape index (κ3) is 3.35. The Kier molecular flexibility index (Phi) is 4.62. The number of hydrogen-bond donors (Lipinski definition) is 2. The molecule has 1 rings (SSSR count). The molecule has 4 nitrogen and oxygen atoms in total. The molecular weight excluding hydrogens is 249 g/mol. The van der Waals surface area contributed by atoms with E-state index in [1.807, 2.05) is 6.92 Å². The van der Waals surface area contributed by atoms with E-state index >= 15 is 0 Å². The van der Waals surface area contributed by atoms with Crippen molar-refractivity contribution < 1.29 is 5.11 Å². The fourth-order valence-corrected chi connectivity index (χ4v) is 1.74. The number of nitrogens with zero attached hydrogens (tertiary/aromatic N) is 2. The molecule has 16 heavy (non-hydrogen) atoms. The minimum atomic E-state index is -0.700. The Balaban J connectivity index is 2.55. The van der Waals surface area contributed by atoms with E-state index in [2.05, 4.69) is 10.3 Å². The van der Waals surface area contributed by atoms with Gasteiger partial charge in [0.2, 0.25) is 5.28 Å². The minimum absolute atomic E-state index is 0.365. The Morgan fingerprint density at radius 2 is 2.12 bits per heavy atom. The number of hydrogen-bond acceptors (Lipinski definition) is 3. The number of aliphatic hydroxyl groups is 1. The lowest BCUT2D eigenvalue weighted by Crippen LogP contribution is -2.37. The predicted octanol–water partition coefficient (Wildman–Crippen LogP) is 1.98. The summed E-state index contributed by atoms with van der Waals surface area (Å²) in [6.07, 6.45) is 0.694. The van der Waals surface area contributed by atoms with E-state index in [1.54, 1.807) is 18.5 Å². The van der Waals surface area contributed by atoms with Crippen molar-refractivity contribution in [2.24, 2.45) is 7.05 Å². The van der Waals surface area contributed by atoms with Crippen molar-refractivity contribution in [3.8, 4) is 0 Å². The molecule has 0 bridgehead atoms. The SMILES string of the molecule is CCC(C)(O)CNCc1c(Cl)nc(Cl)n1C. The van der Waals surface area contributed by atoms with Gasteiger partial charge in [-0.1, -0.05) is 18.5 Å². The monoisotopic (exact) mass is 265 g/mol. The molecule has 92 valence electrons. The van der Waals surface area contributed by atoms with Crippen LogP contribution in [0.25, 0.3) is 0 Å². The van der Waals surface area contributed by atoms with Crippen molar-refractivity contribution in [2.75, 3.05) is 6.54 Å². The van der Waals surface area contributed by atoms with E-state index in [9.17, 15) is 5.11 Å². The molecule has 1 unspecified atom stereocenters. The molecule has 0 radical (unpaired) electrons. The van der Waals surface area contributed by atoms with Gasteiger partial charge < -0.3 is 15.0 Å². The van der Waals surface area contributed by atoms with Crippen molar-refractivity contribution in [3.63, 3.8) is 0 Å². The molecule has 0 saturated carbocycles. The molecule has 1 heterocycles. The molecule has 1 aromatic rings. The predicted molar refractivity (Wildman–Crippen MR) is 65.8 cm³/mol. The summed E-state index contributed by atoms with van der Waals surface area (Å²) in [7, 11) is 1.80. The molecule has 2 N–H and O–H groups in total. The number of aromatic nitrogens is 2. The van der Waals surface area contributed by atoms with Crippen molar-refractivity contribution in [1.82, 2.24) is 14.9 Å². The summed E-state index contributed by atoms with van der Waals surface area (Å²) in [5, 5.41) is 13.7. The molecule has 0 aliphatic carbocycles. The lowest BCUT2D eigenvalue weighted by atomic mass is 10.0. The largest absolute Gasteiger partial charge is 0.389 e. The van der Waals surface area contributed by atoms with Crippen molar-refractivity contribution in [1.29, 1.82) is 0 Å². The molecule has 0 aliphatic rings. The summed E-state index contributed by atoms with van der Waals surface area (Å²) in [5.41, 5.74) is 0.119. The number of halogens is 2. The van der Waals surface area contributed by atoms with E-state index < -0.39 is 5.60 Å². The minimum Gasteiger partial charge on any atom is -0.389 e. The van der Waals surface area contributed by atoms with Crippen LogP contribution in [0.4, 0.5) is 0 Å². The van der Waals surface area contributed by atoms with Crippen molar-refractivity contribution in [3.05, 3.63) is 16.1 Å². The van der Waals surface area contributed by atoms with Crippen LogP contribution in [0.5, 0.6) is 0 Å². The Bertz CT molecular complexity index is 363. The molecule has 0 aliphatic heterocycles. The highest BCUT2D eigenvalue weighted by atomic mass is 35.5. The highest BCUT2D eigenvalue weighted by molar-refractivity contribution is 6.32. The maximum Gasteiger partial charge on any atom is 0.204 e. The first-order valence-corrected chi connectivity index (χ1v) is 5.92. The first kappa shape index (κ1) is 13.8.